The highest BCUT2D eigenvalue weighted by molar-refractivity contribution is 5.85. The quantitative estimate of drug-likeness (QED) is 0.844. The number of ether oxygens (including phenoxy) is 1. The summed E-state index contributed by atoms with van der Waals surface area (Å²) in [4.78, 5) is 11.3. The number of carbonyl (C=O) groups is 1. The maximum atomic E-state index is 11.3. The maximum absolute atomic E-state index is 11.3. The van der Waals surface area contributed by atoms with Crippen molar-refractivity contribution >= 4 is 18.4 Å². The molecule has 0 bridgehead atoms. The van der Waals surface area contributed by atoms with E-state index in [9.17, 15) is 4.79 Å². The third-order valence-electron chi connectivity index (χ3n) is 2.53. The Balaban J connectivity index is 0.00000256. The summed E-state index contributed by atoms with van der Waals surface area (Å²) in [7, 11) is 0. The van der Waals surface area contributed by atoms with Gasteiger partial charge >= 0.3 is 5.97 Å². The first kappa shape index (κ1) is 15.9. The zero-order valence-corrected chi connectivity index (χ0v) is 11.3. The van der Waals surface area contributed by atoms with Crippen LogP contribution in [0.25, 0.3) is 0 Å². The summed E-state index contributed by atoms with van der Waals surface area (Å²) in [5, 5.41) is 0. The van der Waals surface area contributed by atoms with E-state index < -0.39 is 0 Å². The smallest absolute Gasteiger partial charge is 0.307 e. The van der Waals surface area contributed by atoms with Crippen molar-refractivity contribution in [1.82, 2.24) is 0 Å². The lowest BCUT2D eigenvalue weighted by Crippen LogP contribution is -2.18. The molecule has 0 heterocycles. The van der Waals surface area contributed by atoms with Crippen molar-refractivity contribution in [2.24, 2.45) is 5.73 Å². The molecule has 17 heavy (non-hydrogen) atoms. The third kappa shape index (κ3) is 4.75. The number of rotatable bonds is 4. The normalized spacial score (nSPS) is 11.5. The minimum Gasteiger partial charge on any atom is -0.466 e. The predicted molar refractivity (Wildman–Crippen MR) is 71.3 cm³/mol. The molecule has 1 atom stereocenters. The molecular formula is C13H20ClNO2. The summed E-state index contributed by atoms with van der Waals surface area (Å²) in [5.74, 6) is -0.240. The van der Waals surface area contributed by atoms with Crippen LogP contribution < -0.4 is 5.73 Å². The summed E-state index contributed by atoms with van der Waals surface area (Å²) >= 11 is 0. The van der Waals surface area contributed by atoms with Gasteiger partial charge in [-0.3, -0.25) is 4.79 Å². The molecule has 0 saturated carbocycles. The lowest BCUT2D eigenvalue weighted by atomic mass is 9.97. The molecule has 0 aliphatic heterocycles. The van der Waals surface area contributed by atoms with E-state index in [0.29, 0.717) is 6.61 Å². The number of nitrogens with two attached hydrogens (primary N) is 1. The average Bonchev–Trinajstić information content (AvgIpc) is 2.21. The number of hydrogen-bond acceptors (Lipinski definition) is 3. The predicted octanol–water partition coefficient (Wildman–Crippen LogP) is 2.68. The van der Waals surface area contributed by atoms with Crippen LogP contribution in [0.4, 0.5) is 0 Å². The fraction of sp³-hybridized carbons (Fsp3) is 0.462. The number of esters is 1. The van der Waals surface area contributed by atoms with Crippen LogP contribution in [0.15, 0.2) is 18.2 Å². The molecule has 0 saturated heterocycles. The van der Waals surface area contributed by atoms with E-state index in [4.69, 9.17) is 10.5 Å². The lowest BCUT2D eigenvalue weighted by Gasteiger charge is -2.14. The van der Waals surface area contributed by atoms with Gasteiger partial charge in [-0.2, -0.15) is 0 Å². The van der Waals surface area contributed by atoms with Gasteiger partial charge in [0.1, 0.15) is 0 Å². The van der Waals surface area contributed by atoms with E-state index in [2.05, 4.69) is 0 Å². The third-order valence-corrected chi connectivity index (χ3v) is 2.53. The van der Waals surface area contributed by atoms with E-state index in [0.717, 1.165) is 16.7 Å². The highest BCUT2D eigenvalue weighted by Crippen LogP contribution is 2.20. The Bertz CT molecular complexity index is 380. The largest absolute Gasteiger partial charge is 0.466 e. The maximum Gasteiger partial charge on any atom is 0.307 e. The van der Waals surface area contributed by atoms with Gasteiger partial charge in [0, 0.05) is 6.04 Å². The molecule has 0 aromatic heterocycles. The van der Waals surface area contributed by atoms with Crippen molar-refractivity contribution in [2.45, 2.75) is 33.2 Å². The molecule has 0 radical (unpaired) electrons. The number of aryl methyl sites for hydroxylation is 2. The van der Waals surface area contributed by atoms with Gasteiger partial charge in [-0.15, -0.1) is 12.4 Å². The Labute approximate surface area is 109 Å². The molecule has 96 valence electrons. The zero-order valence-electron chi connectivity index (χ0n) is 10.5. The number of halogens is 1. The molecule has 1 aromatic rings. The van der Waals surface area contributed by atoms with Crippen LogP contribution in [-0.2, 0) is 9.53 Å². The second-order valence-corrected chi connectivity index (χ2v) is 3.98. The van der Waals surface area contributed by atoms with Crippen LogP contribution in [0.2, 0.25) is 0 Å². The Morgan fingerprint density at radius 2 is 2.06 bits per heavy atom. The van der Waals surface area contributed by atoms with Crippen LogP contribution >= 0.6 is 12.4 Å². The SMILES string of the molecule is CCOC(=O)C[C@H](N)c1cc(C)ccc1C.Cl. The van der Waals surface area contributed by atoms with Crippen LogP contribution in [0.5, 0.6) is 0 Å². The molecule has 0 unspecified atom stereocenters. The lowest BCUT2D eigenvalue weighted by molar-refractivity contribution is -0.143. The molecule has 3 nitrogen and oxygen atoms in total. The number of hydrogen-bond donors (Lipinski definition) is 1. The van der Waals surface area contributed by atoms with Gasteiger partial charge in [-0.05, 0) is 31.9 Å². The molecule has 1 aromatic carbocycles. The molecular weight excluding hydrogens is 238 g/mol. The van der Waals surface area contributed by atoms with E-state index >= 15 is 0 Å². The van der Waals surface area contributed by atoms with Gasteiger partial charge in [0.25, 0.3) is 0 Å². The number of carbonyl (C=O) groups excluding carboxylic acids is 1. The van der Waals surface area contributed by atoms with Crippen molar-refractivity contribution in [3.63, 3.8) is 0 Å². The summed E-state index contributed by atoms with van der Waals surface area (Å²) in [5.41, 5.74) is 9.28. The molecule has 0 amide bonds. The van der Waals surface area contributed by atoms with Gasteiger partial charge in [0.05, 0.1) is 13.0 Å². The Kier molecular flexibility index (Phi) is 6.85. The molecule has 2 N–H and O–H groups in total. The number of benzene rings is 1. The molecule has 0 aliphatic rings. The van der Waals surface area contributed by atoms with E-state index in [1.165, 1.54) is 0 Å². The Morgan fingerprint density at radius 1 is 1.41 bits per heavy atom. The van der Waals surface area contributed by atoms with Crippen molar-refractivity contribution in [2.75, 3.05) is 6.61 Å². The van der Waals surface area contributed by atoms with E-state index in [-0.39, 0.29) is 30.8 Å². The first-order chi connectivity index (χ1) is 7.54. The molecule has 0 aliphatic carbocycles. The van der Waals surface area contributed by atoms with E-state index in [1.54, 1.807) is 6.92 Å². The molecule has 4 heteroatoms. The van der Waals surface area contributed by atoms with Crippen molar-refractivity contribution in [3.05, 3.63) is 34.9 Å². The topological polar surface area (TPSA) is 52.3 Å². The summed E-state index contributed by atoms with van der Waals surface area (Å²) in [6.07, 6.45) is 0.234. The fourth-order valence-electron chi connectivity index (χ4n) is 1.67. The summed E-state index contributed by atoms with van der Waals surface area (Å²) in [6, 6.07) is 5.81. The van der Waals surface area contributed by atoms with Crippen LogP contribution in [-0.4, -0.2) is 12.6 Å². The minimum atomic E-state index is -0.279. The first-order valence-corrected chi connectivity index (χ1v) is 5.53. The average molecular weight is 258 g/mol. The van der Waals surface area contributed by atoms with Gasteiger partial charge in [0.2, 0.25) is 0 Å². The standard InChI is InChI=1S/C13H19NO2.ClH/c1-4-16-13(15)8-12(14)11-7-9(2)5-6-10(11)3;/h5-7,12H,4,8,14H2,1-3H3;1H/t12-;/m0./s1. The van der Waals surface area contributed by atoms with Crippen LogP contribution in [0.1, 0.15) is 36.1 Å². The summed E-state index contributed by atoms with van der Waals surface area (Å²) < 4.78 is 4.89. The van der Waals surface area contributed by atoms with Crippen molar-refractivity contribution in [3.8, 4) is 0 Å². The van der Waals surface area contributed by atoms with Crippen LogP contribution in [0, 0.1) is 13.8 Å². The first-order valence-electron chi connectivity index (χ1n) is 5.53. The Morgan fingerprint density at radius 3 is 2.65 bits per heavy atom. The zero-order chi connectivity index (χ0) is 12.1. The second-order valence-electron chi connectivity index (χ2n) is 3.98. The van der Waals surface area contributed by atoms with E-state index in [1.807, 2.05) is 32.0 Å². The second kappa shape index (κ2) is 7.30. The molecule has 0 fully saturated rings. The van der Waals surface area contributed by atoms with Gasteiger partial charge in [-0.1, -0.05) is 23.8 Å². The highest BCUT2D eigenvalue weighted by Gasteiger charge is 2.14. The highest BCUT2D eigenvalue weighted by atomic mass is 35.5. The fourth-order valence-corrected chi connectivity index (χ4v) is 1.67. The summed E-state index contributed by atoms with van der Waals surface area (Å²) in [6.45, 7) is 6.21. The van der Waals surface area contributed by atoms with Crippen molar-refractivity contribution < 1.29 is 9.53 Å². The van der Waals surface area contributed by atoms with Crippen molar-refractivity contribution in [1.29, 1.82) is 0 Å². The molecule has 0 spiro atoms. The van der Waals surface area contributed by atoms with Gasteiger partial charge in [-0.25, -0.2) is 0 Å². The Hall–Kier alpha value is -1.06. The monoisotopic (exact) mass is 257 g/mol. The van der Waals surface area contributed by atoms with Crippen LogP contribution in [0.3, 0.4) is 0 Å². The molecule has 1 rings (SSSR count). The minimum absolute atomic E-state index is 0. The van der Waals surface area contributed by atoms with Gasteiger partial charge in [0.15, 0.2) is 0 Å². The van der Waals surface area contributed by atoms with Gasteiger partial charge < -0.3 is 10.5 Å².